The maximum absolute atomic E-state index is 11.7. The summed E-state index contributed by atoms with van der Waals surface area (Å²) in [4.78, 5) is 22.6. The number of carboxylic acid groups (broad SMARTS) is 1. The monoisotopic (exact) mass is 261 g/mol. The van der Waals surface area contributed by atoms with Gasteiger partial charge in [-0.1, -0.05) is 29.8 Å². The van der Waals surface area contributed by atoms with E-state index >= 15 is 0 Å². The molecular weight excluding hydrogens is 242 g/mol. The van der Waals surface area contributed by atoms with Crippen molar-refractivity contribution in [2.45, 2.75) is 44.6 Å². The van der Waals surface area contributed by atoms with Crippen LogP contribution in [0.2, 0.25) is 0 Å². The first-order chi connectivity index (χ1) is 9.02. The molecule has 2 N–H and O–H groups in total. The molecule has 0 bridgehead atoms. The van der Waals surface area contributed by atoms with Crippen LogP contribution in [0.4, 0.5) is 0 Å². The van der Waals surface area contributed by atoms with Crippen molar-refractivity contribution in [3.8, 4) is 0 Å². The van der Waals surface area contributed by atoms with Crippen molar-refractivity contribution in [2.24, 2.45) is 0 Å². The van der Waals surface area contributed by atoms with Crippen molar-refractivity contribution in [1.29, 1.82) is 0 Å². The van der Waals surface area contributed by atoms with E-state index in [0.717, 1.165) is 12.8 Å². The highest BCUT2D eigenvalue weighted by Crippen LogP contribution is 2.35. The second kappa shape index (κ2) is 5.43. The smallest absolute Gasteiger partial charge is 0.329 e. The molecule has 1 amide bonds. The van der Waals surface area contributed by atoms with Crippen LogP contribution in [0.25, 0.3) is 0 Å². The standard InChI is InChI=1S/C15H19NO3/c1-11-5-7-12(8-6-11)3-2-4-13(17)16-15(9-10-15)14(18)19/h5-8H,2-4,9-10H2,1H3,(H,16,17)(H,18,19). The van der Waals surface area contributed by atoms with E-state index in [1.54, 1.807) is 0 Å². The second-order valence-electron chi connectivity index (χ2n) is 5.27. The van der Waals surface area contributed by atoms with Crippen LogP contribution in [0.15, 0.2) is 24.3 Å². The molecule has 1 aromatic rings. The predicted molar refractivity (Wildman–Crippen MR) is 71.9 cm³/mol. The molecule has 0 saturated heterocycles. The number of amides is 1. The normalized spacial score (nSPS) is 15.8. The fourth-order valence-electron chi connectivity index (χ4n) is 2.05. The molecular formula is C15H19NO3. The van der Waals surface area contributed by atoms with E-state index in [1.807, 2.05) is 6.92 Å². The van der Waals surface area contributed by atoms with Gasteiger partial charge in [0.1, 0.15) is 5.54 Å². The van der Waals surface area contributed by atoms with Gasteiger partial charge >= 0.3 is 5.97 Å². The summed E-state index contributed by atoms with van der Waals surface area (Å²) in [6.45, 7) is 2.04. The highest BCUT2D eigenvalue weighted by molar-refractivity contribution is 5.89. The molecule has 0 radical (unpaired) electrons. The number of aryl methyl sites for hydroxylation is 2. The highest BCUT2D eigenvalue weighted by atomic mass is 16.4. The molecule has 0 unspecified atom stereocenters. The van der Waals surface area contributed by atoms with Gasteiger partial charge in [-0.3, -0.25) is 4.79 Å². The Balaban J connectivity index is 1.72. The van der Waals surface area contributed by atoms with Gasteiger partial charge < -0.3 is 10.4 Å². The Labute approximate surface area is 112 Å². The van der Waals surface area contributed by atoms with Crippen molar-refractivity contribution < 1.29 is 14.7 Å². The zero-order valence-electron chi connectivity index (χ0n) is 11.1. The lowest BCUT2D eigenvalue weighted by atomic mass is 10.1. The average molecular weight is 261 g/mol. The van der Waals surface area contributed by atoms with Gasteiger partial charge in [0.25, 0.3) is 0 Å². The molecule has 1 aromatic carbocycles. The number of carbonyl (C=O) groups excluding carboxylic acids is 1. The van der Waals surface area contributed by atoms with Crippen LogP contribution < -0.4 is 5.32 Å². The molecule has 1 aliphatic carbocycles. The van der Waals surface area contributed by atoms with E-state index in [-0.39, 0.29) is 5.91 Å². The highest BCUT2D eigenvalue weighted by Gasteiger charge is 2.51. The van der Waals surface area contributed by atoms with E-state index in [4.69, 9.17) is 5.11 Å². The lowest BCUT2D eigenvalue weighted by molar-refractivity contribution is -0.143. The fraction of sp³-hybridized carbons (Fsp3) is 0.467. The first-order valence-corrected chi connectivity index (χ1v) is 6.62. The Morgan fingerprint density at radius 3 is 2.42 bits per heavy atom. The van der Waals surface area contributed by atoms with Gasteiger partial charge in [0.05, 0.1) is 0 Å². The van der Waals surface area contributed by atoms with Gasteiger partial charge in [0.15, 0.2) is 0 Å². The quantitative estimate of drug-likeness (QED) is 0.823. The third-order valence-electron chi connectivity index (χ3n) is 3.53. The fourth-order valence-corrected chi connectivity index (χ4v) is 2.05. The summed E-state index contributed by atoms with van der Waals surface area (Å²) in [5.41, 5.74) is 1.47. The maximum Gasteiger partial charge on any atom is 0.329 e. The van der Waals surface area contributed by atoms with Gasteiger partial charge in [-0.05, 0) is 38.2 Å². The zero-order valence-corrected chi connectivity index (χ0v) is 11.1. The van der Waals surface area contributed by atoms with Crippen molar-refractivity contribution in [3.05, 3.63) is 35.4 Å². The Morgan fingerprint density at radius 2 is 1.89 bits per heavy atom. The molecule has 0 heterocycles. The Morgan fingerprint density at radius 1 is 1.26 bits per heavy atom. The van der Waals surface area contributed by atoms with Crippen LogP contribution in [0.5, 0.6) is 0 Å². The zero-order chi connectivity index (χ0) is 13.9. The summed E-state index contributed by atoms with van der Waals surface area (Å²) < 4.78 is 0. The number of nitrogens with one attached hydrogen (secondary N) is 1. The summed E-state index contributed by atoms with van der Waals surface area (Å²) in [5, 5.41) is 11.6. The Kier molecular flexibility index (Phi) is 3.88. The summed E-state index contributed by atoms with van der Waals surface area (Å²) >= 11 is 0. The van der Waals surface area contributed by atoms with Crippen LogP contribution in [-0.2, 0) is 16.0 Å². The number of carboxylic acids is 1. The van der Waals surface area contributed by atoms with Crippen LogP contribution >= 0.6 is 0 Å². The minimum atomic E-state index is -0.957. The van der Waals surface area contributed by atoms with E-state index in [9.17, 15) is 9.59 Å². The molecule has 0 spiro atoms. The number of aliphatic carboxylic acids is 1. The second-order valence-corrected chi connectivity index (χ2v) is 5.27. The summed E-state index contributed by atoms with van der Waals surface area (Å²) in [6.07, 6.45) is 3.05. The molecule has 1 aliphatic rings. The molecule has 0 atom stereocenters. The molecule has 4 nitrogen and oxygen atoms in total. The topological polar surface area (TPSA) is 66.4 Å². The van der Waals surface area contributed by atoms with Crippen molar-refractivity contribution in [2.75, 3.05) is 0 Å². The minimum Gasteiger partial charge on any atom is -0.480 e. The average Bonchev–Trinajstić information content (AvgIpc) is 3.13. The van der Waals surface area contributed by atoms with Crippen LogP contribution in [0.1, 0.15) is 36.8 Å². The Bertz CT molecular complexity index is 475. The van der Waals surface area contributed by atoms with E-state index in [0.29, 0.717) is 19.3 Å². The first-order valence-electron chi connectivity index (χ1n) is 6.62. The predicted octanol–water partition coefficient (Wildman–Crippen LogP) is 2.05. The number of rotatable bonds is 6. The van der Waals surface area contributed by atoms with Gasteiger partial charge in [0.2, 0.25) is 5.91 Å². The third kappa shape index (κ3) is 3.56. The molecule has 4 heteroatoms. The van der Waals surface area contributed by atoms with E-state index < -0.39 is 11.5 Å². The van der Waals surface area contributed by atoms with Crippen LogP contribution in [0.3, 0.4) is 0 Å². The van der Waals surface area contributed by atoms with E-state index in [2.05, 4.69) is 29.6 Å². The Hall–Kier alpha value is -1.84. The molecule has 1 saturated carbocycles. The molecule has 102 valence electrons. The van der Waals surface area contributed by atoms with Crippen LogP contribution in [0, 0.1) is 6.92 Å². The number of benzene rings is 1. The van der Waals surface area contributed by atoms with Gasteiger partial charge in [-0.15, -0.1) is 0 Å². The first kappa shape index (κ1) is 13.6. The van der Waals surface area contributed by atoms with Crippen molar-refractivity contribution >= 4 is 11.9 Å². The van der Waals surface area contributed by atoms with Gasteiger partial charge in [-0.2, -0.15) is 0 Å². The lowest BCUT2D eigenvalue weighted by Crippen LogP contribution is -2.42. The molecule has 2 rings (SSSR count). The molecule has 0 aromatic heterocycles. The lowest BCUT2D eigenvalue weighted by Gasteiger charge is -2.12. The van der Waals surface area contributed by atoms with Gasteiger partial charge in [-0.25, -0.2) is 4.79 Å². The third-order valence-corrected chi connectivity index (χ3v) is 3.53. The molecule has 0 aliphatic heterocycles. The summed E-state index contributed by atoms with van der Waals surface area (Å²) in [5.74, 6) is -1.08. The molecule has 1 fully saturated rings. The van der Waals surface area contributed by atoms with Gasteiger partial charge in [0, 0.05) is 6.42 Å². The molecule has 19 heavy (non-hydrogen) atoms. The minimum absolute atomic E-state index is 0.160. The summed E-state index contributed by atoms with van der Waals surface area (Å²) in [7, 11) is 0. The van der Waals surface area contributed by atoms with Crippen molar-refractivity contribution in [3.63, 3.8) is 0 Å². The SMILES string of the molecule is Cc1ccc(CCCC(=O)NC2(C(=O)O)CC2)cc1. The largest absolute Gasteiger partial charge is 0.480 e. The van der Waals surface area contributed by atoms with E-state index in [1.165, 1.54) is 11.1 Å². The number of hydrogen-bond donors (Lipinski definition) is 2. The number of carbonyl (C=O) groups is 2. The number of hydrogen-bond acceptors (Lipinski definition) is 2. The van der Waals surface area contributed by atoms with Crippen LogP contribution in [-0.4, -0.2) is 22.5 Å². The van der Waals surface area contributed by atoms with Crippen molar-refractivity contribution in [1.82, 2.24) is 5.32 Å². The maximum atomic E-state index is 11.7. The summed E-state index contributed by atoms with van der Waals surface area (Å²) in [6, 6.07) is 8.23.